The second kappa shape index (κ2) is 6.95. The molecule has 1 atom stereocenters. The SMILES string of the molecule is CCC(=O)c1ccc(C[C@@H](CN)N2CCCC2)cc1F. The number of rotatable bonds is 6. The van der Waals surface area contributed by atoms with Crippen molar-refractivity contribution in [3.8, 4) is 0 Å². The smallest absolute Gasteiger partial charge is 0.165 e. The molecule has 1 aliphatic rings. The van der Waals surface area contributed by atoms with Crippen LogP contribution in [0.15, 0.2) is 18.2 Å². The number of nitrogens with two attached hydrogens (primary N) is 1. The molecule has 110 valence electrons. The van der Waals surface area contributed by atoms with Crippen LogP contribution in [-0.4, -0.2) is 36.4 Å². The molecule has 2 rings (SSSR count). The summed E-state index contributed by atoms with van der Waals surface area (Å²) in [5.41, 5.74) is 6.96. The quantitative estimate of drug-likeness (QED) is 0.813. The molecule has 20 heavy (non-hydrogen) atoms. The Hall–Kier alpha value is -1.26. The van der Waals surface area contributed by atoms with Crippen molar-refractivity contribution in [3.63, 3.8) is 0 Å². The van der Waals surface area contributed by atoms with Crippen molar-refractivity contribution >= 4 is 5.78 Å². The Balaban J connectivity index is 2.08. The lowest BCUT2D eigenvalue weighted by atomic mass is 10.0. The van der Waals surface area contributed by atoms with Gasteiger partial charge in [0.2, 0.25) is 0 Å². The highest BCUT2D eigenvalue weighted by molar-refractivity contribution is 5.96. The molecule has 0 bridgehead atoms. The summed E-state index contributed by atoms with van der Waals surface area (Å²) in [6, 6.07) is 5.21. The van der Waals surface area contributed by atoms with Crippen molar-refractivity contribution in [2.24, 2.45) is 5.73 Å². The molecule has 0 spiro atoms. The van der Waals surface area contributed by atoms with E-state index in [-0.39, 0.29) is 17.4 Å². The third-order valence-electron chi connectivity index (χ3n) is 4.06. The third kappa shape index (κ3) is 3.44. The fourth-order valence-electron chi connectivity index (χ4n) is 2.84. The molecule has 1 aromatic carbocycles. The molecule has 1 saturated heterocycles. The number of ketones is 1. The van der Waals surface area contributed by atoms with E-state index in [1.807, 2.05) is 6.07 Å². The summed E-state index contributed by atoms with van der Waals surface area (Å²) in [6.07, 6.45) is 3.51. The monoisotopic (exact) mass is 278 g/mol. The van der Waals surface area contributed by atoms with Gasteiger partial charge in [-0.2, -0.15) is 0 Å². The minimum atomic E-state index is -0.411. The van der Waals surface area contributed by atoms with E-state index in [0.29, 0.717) is 13.0 Å². The number of hydrogen-bond acceptors (Lipinski definition) is 3. The second-order valence-electron chi connectivity index (χ2n) is 5.43. The molecule has 1 fully saturated rings. The van der Waals surface area contributed by atoms with Crippen molar-refractivity contribution in [2.45, 2.75) is 38.6 Å². The van der Waals surface area contributed by atoms with Crippen molar-refractivity contribution in [1.29, 1.82) is 0 Å². The topological polar surface area (TPSA) is 46.3 Å². The Bertz CT molecular complexity index is 470. The Labute approximate surface area is 120 Å². The van der Waals surface area contributed by atoms with E-state index in [9.17, 15) is 9.18 Å². The van der Waals surface area contributed by atoms with E-state index >= 15 is 0 Å². The van der Waals surface area contributed by atoms with Crippen LogP contribution in [0.1, 0.15) is 42.1 Å². The van der Waals surface area contributed by atoms with Crippen molar-refractivity contribution in [3.05, 3.63) is 35.1 Å². The molecule has 0 saturated carbocycles. The van der Waals surface area contributed by atoms with E-state index < -0.39 is 5.82 Å². The maximum atomic E-state index is 14.0. The van der Waals surface area contributed by atoms with Crippen LogP contribution in [0.3, 0.4) is 0 Å². The van der Waals surface area contributed by atoms with Gasteiger partial charge < -0.3 is 5.73 Å². The first kappa shape index (κ1) is 15.1. The second-order valence-corrected chi connectivity index (χ2v) is 5.43. The minimum Gasteiger partial charge on any atom is -0.329 e. The molecule has 0 aromatic heterocycles. The molecule has 1 aromatic rings. The number of halogens is 1. The van der Waals surface area contributed by atoms with Gasteiger partial charge in [0.15, 0.2) is 5.78 Å². The first-order valence-corrected chi connectivity index (χ1v) is 7.41. The molecule has 0 unspecified atom stereocenters. The lowest BCUT2D eigenvalue weighted by Gasteiger charge is -2.26. The number of nitrogens with zero attached hydrogens (tertiary/aromatic N) is 1. The van der Waals surface area contributed by atoms with Crippen LogP contribution in [0.5, 0.6) is 0 Å². The maximum Gasteiger partial charge on any atom is 0.165 e. The first-order valence-electron chi connectivity index (χ1n) is 7.41. The average Bonchev–Trinajstić information content (AvgIpc) is 2.98. The standard InChI is InChI=1S/C16H23FN2O/c1-2-16(20)14-6-5-12(10-15(14)17)9-13(11-18)19-7-3-4-8-19/h5-6,10,13H,2-4,7-9,11,18H2,1H3/t13-/m0/s1. The van der Waals surface area contributed by atoms with Gasteiger partial charge in [-0.15, -0.1) is 0 Å². The van der Waals surface area contributed by atoms with Crippen LogP contribution in [0, 0.1) is 5.82 Å². The average molecular weight is 278 g/mol. The van der Waals surface area contributed by atoms with Crippen molar-refractivity contribution in [2.75, 3.05) is 19.6 Å². The highest BCUT2D eigenvalue weighted by atomic mass is 19.1. The minimum absolute atomic E-state index is 0.149. The Morgan fingerprint density at radius 2 is 2.10 bits per heavy atom. The summed E-state index contributed by atoms with van der Waals surface area (Å²) < 4.78 is 14.0. The molecular formula is C16H23FN2O. The number of benzene rings is 1. The van der Waals surface area contributed by atoms with Gasteiger partial charge in [-0.25, -0.2) is 4.39 Å². The van der Waals surface area contributed by atoms with Gasteiger partial charge in [0.25, 0.3) is 0 Å². The van der Waals surface area contributed by atoms with Crippen LogP contribution in [-0.2, 0) is 6.42 Å². The fraction of sp³-hybridized carbons (Fsp3) is 0.562. The van der Waals surface area contributed by atoms with Gasteiger partial charge in [0.05, 0.1) is 5.56 Å². The van der Waals surface area contributed by atoms with Crippen molar-refractivity contribution in [1.82, 2.24) is 4.90 Å². The van der Waals surface area contributed by atoms with E-state index in [4.69, 9.17) is 5.73 Å². The zero-order chi connectivity index (χ0) is 14.5. The number of carbonyl (C=O) groups excluding carboxylic acids is 1. The van der Waals surface area contributed by atoms with E-state index in [1.165, 1.54) is 18.9 Å². The molecule has 0 aliphatic carbocycles. The number of Topliss-reactive ketones (excluding diaryl/α,β-unsaturated/α-hetero) is 1. The zero-order valence-electron chi connectivity index (χ0n) is 12.1. The van der Waals surface area contributed by atoms with Crippen LogP contribution in [0.2, 0.25) is 0 Å². The first-order chi connectivity index (χ1) is 9.65. The molecule has 2 N–H and O–H groups in total. The number of hydrogen-bond donors (Lipinski definition) is 1. The Morgan fingerprint density at radius 1 is 1.40 bits per heavy atom. The number of likely N-dealkylation sites (tertiary alicyclic amines) is 1. The normalized spacial score (nSPS) is 17.4. The number of carbonyl (C=O) groups is 1. The third-order valence-corrected chi connectivity index (χ3v) is 4.06. The van der Waals surface area contributed by atoms with Gasteiger partial charge in [-0.3, -0.25) is 9.69 Å². The van der Waals surface area contributed by atoms with Crippen LogP contribution in [0.25, 0.3) is 0 Å². The summed E-state index contributed by atoms with van der Waals surface area (Å²) in [5, 5.41) is 0. The predicted octanol–water partition coefficient (Wildman–Crippen LogP) is 2.38. The molecule has 4 heteroatoms. The molecule has 1 heterocycles. The lowest BCUT2D eigenvalue weighted by molar-refractivity contribution is 0.0984. The van der Waals surface area contributed by atoms with E-state index in [1.54, 1.807) is 13.0 Å². The Kier molecular flexibility index (Phi) is 5.26. The summed E-state index contributed by atoms with van der Waals surface area (Å²) in [7, 11) is 0. The Morgan fingerprint density at radius 3 is 2.65 bits per heavy atom. The highest BCUT2D eigenvalue weighted by Gasteiger charge is 2.21. The van der Waals surface area contributed by atoms with Gasteiger partial charge in [0, 0.05) is 19.0 Å². The largest absolute Gasteiger partial charge is 0.329 e. The summed E-state index contributed by atoms with van der Waals surface area (Å²) in [4.78, 5) is 13.9. The molecule has 1 aliphatic heterocycles. The van der Waals surface area contributed by atoms with E-state index in [2.05, 4.69) is 4.90 Å². The fourth-order valence-corrected chi connectivity index (χ4v) is 2.84. The van der Waals surface area contributed by atoms with Crippen LogP contribution >= 0.6 is 0 Å². The van der Waals surface area contributed by atoms with Crippen LogP contribution in [0.4, 0.5) is 4.39 Å². The van der Waals surface area contributed by atoms with Gasteiger partial charge >= 0.3 is 0 Å². The summed E-state index contributed by atoms with van der Waals surface area (Å²) in [5.74, 6) is -0.560. The maximum absolute atomic E-state index is 14.0. The van der Waals surface area contributed by atoms with Gasteiger partial charge in [-0.1, -0.05) is 13.0 Å². The molecule has 0 radical (unpaired) electrons. The molecule has 0 amide bonds. The molecular weight excluding hydrogens is 255 g/mol. The van der Waals surface area contributed by atoms with Gasteiger partial charge in [-0.05, 0) is 50.0 Å². The summed E-state index contributed by atoms with van der Waals surface area (Å²) in [6.45, 7) is 4.48. The predicted molar refractivity (Wildman–Crippen MR) is 78.4 cm³/mol. The van der Waals surface area contributed by atoms with E-state index in [0.717, 1.165) is 25.1 Å². The van der Waals surface area contributed by atoms with Crippen molar-refractivity contribution < 1.29 is 9.18 Å². The zero-order valence-corrected chi connectivity index (χ0v) is 12.1. The summed E-state index contributed by atoms with van der Waals surface area (Å²) >= 11 is 0. The molecule has 3 nitrogen and oxygen atoms in total. The van der Waals surface area contributed by atoms with Crippen LogP contribution < -0.4 is 5.73 Å². The highest BCUT2D eigenvalue weighted by Crippen LogP contribution is 2.18. The van der Waals surface area contributed by atoms with Gasteiger partial charge in [0.1, 0.15) is 5.82 Å². The lowest BCUT2D eigenvalue weighted by Crippen LogP contribution is -2.40.